The Balaban J connectivity index is 4.13. The molecule has 0 aromatic rings. The van der Waals surface area contributed by atoms with Crippen LogP contribution in [0.25, 0.3) is 0 Å². The van der Waals surface area contributed by atoms with E-state index in [0.29, 0.717) is 26.1 Å². The quantitative estimate of drug-likeness (QED) is 0.425. The Morgan fingerprint density at radius 3 is 2.05 bits per heavy atom. The van der Waals surface area contributed by atoms with Crippen molar-refractivity contribution < 1.29 is 28.7 Å². The lowest BCUT2D eigenvalue weighted by Crippen LogP contribution is -2.38. The molecule has 1 unspecified atom stereocenters. The Morgan fingerprint density at radius 2 is 1.65 bits per heavy atom. The fourth-order valence-corrected chi connectivity index (χ4v) is 4.64. The maximum atomic E-state index is 10.9. The van der Waals surface area contributed by atoms with Gasteiger partial charge in [-0.2, -0.15) is 0 Å². The molecule has 0 aromatic heterocycles. The van der Waals surface area contributed by atoms with Crippen LogP contribution in [-0.2, 0) is 18.4 Å². The number of carboxylic acids is 2. The molecule has 2 N–H and O–H groups in total. The van der Waals surface area contributed by atoms with Crippen molar-refractivity contribution in [2.45, 2.75) is 52.1 Å². The molecule has 118 valence electrons. The molecule has 0 amide bonds. The minimum atomic E-state index is -2.14. The van der Waals surface area contributed by atoms with Crippen LogP contribution in [0.15, 0.2) is 0 Å². The average molecular weight is 306 g/mol. The summed E-state index contributed by atoms with van der Waals surface area (Å²) in [6.07, 6.45) is 1.53. The van der Waals surface area contributed by atoms with Gasteiger partial charge in [-0.3, -0.25) is 9.59 Å². The standard InChI is InChI=1S/C13H26O6Si/c1-4-18-20(3,19-5-2)9-7-6-8-11(13(16)17)10-12(14)15/h11H,4-10H2,1-3H3,(H,14,15)(H,16,17). The molecule has 20 heavy (non-hydrogen) atoms. The van der Waals surface area contributed by atoms with Gasteiger partial charge in [0.2, 0.25) is 0 Å². The highest BCUT2D eigenvalue weighted by Gasteiger charge is 2.30. The molecular weight excluding hydrogens is 280 g/mol. The normalized spacial score (nSPS) is 13.2. The van der Waals surface area contributed by atoms with Crippen molar-refractivity contribution in [1.29, 1.82) is 0 Å². The highest BCUT2D eigenvalue weighted by molar-refractivity contribution is 6.66. The summed E-state index contributed by atoms with van der Waals surface area (Å²) in [5.74, 6) is -2.91. The van der Waals surface area contributed by atoms with Crippen molar-refractivity contribution in [3.8, 4) is 0 Å². The van der Waals surface area contributed by atoms with E-state index >= 15 is 0 Å². The van der Waals surface area contributed by atoms with Gasteiger partial charge in [-0.15, -0.1) is 0 Å². The Bertz CT molecular complexity index is 301. The molecule has 0 aliphatic carbocycles. The van der Waals surface area contributed by atoms with E-state index in [0.717, 1.165) is 12.5 Å². The molecule has 0 rings (SSSR count). The SMILES string of the molecule is CCO[Si](C)(CCCCC(CC(=O)O)C(=O)O)OCC. The van der Waals surface area contributed by atoms with E-state index < -0.39 is 26.4 Å². The fraction of sp³-hybridized carbons (Fsp3) is 0.846. The zero-order valence-corrected chi connectivity index (χ0v) is 13.6. The van der Waals surface area contributed by atoms with Crippen LogP contribution in [0.2, 0.25) is 12.6 Å². The van der Waals surface area contributed by atoms with Gasteiger partial charge in [-0.05, 0) is 32.9 Å². The number of hydrogen-bond acceptors (Lipinski definition) is 4. The van der Waals surface area contributed by atoms with Gasteiger partial charge < -0.3 is 19.1 Å². The predicted molar refractivity (Wildman–Crippen MR) is 76.9 cm³/mol. The molecule has 1 atom stereocenters. The van der Waals surface area contributed by atoms with Crippen molar-refractivity contribution >= 4 is 20.5 Å². The van der Waals surface area contributed by atoms with Crippen molar-refractivity contribution in [2.75, 3.05) is 13.2 Å². The van der Waals surface area contributed by atoms with Gasteiger partial charge in [0.1, 0.15) is 0 Å². The zero-order valence-electron chi connectivity index (χ0n) is 12.6. The van der Waals surface area contributed by atoms with E-state index in [1.807, 2.05) is 20.4 Å². The van der Waals surface area contributed by atoms with Gasteiger partial charge in [0.25, 0.3) is 0 Å². The molecule has 0 spiro atoms. The molecule has 0 bridgehead atoms. The fourth-order valence-electron chi connectivity index (χ4n) is 2.16. The number of carboxylic acid groups (broad SMARTS) is 2. The third-order valence-corrected chi connectivity index (χ3v) is 6.16. The summed E-state index contributed by atoms with van der Waals surface area (Å²) in [5.41, 5.74) is 0. The number of carbonyl (C=O) groups is 2. The third kappa shape index (κ3) is 8.29. The zero-order chi connectivity index (χ0) is 15.6. The van der Waals surface area contributed by atoms with Gasteiger partial charge in [-0.1, -0.05) is 12.8 Å². The molecule has 0 aliphatic heterocycles. The third-order valence-electron chi connectivity index (χ3n) is 3.10. The van der Waals surface area contributed by atoms with Crippen LogP contribution < -0.4 is 0 Å². The summed E-state index contributed by atoms with van der Waals surface area (Å²) in [6.45, 7) is 7.08. The maximum Gasteiger partial charge on any atom is 0.334 e. The van der Waals surface area contributed by atoms with E-state index in [9.17, 15) is 9.59 Å². The van der Waals surface area contributed by atoms with Crippen LogP contribution in [0.5, 0.6) is 0 Å². The highest BCUT2D eigenvalue weighted by Crippen LogP contribution is 2.20. The number of rotatable bonds is 12. The first-order valence-corrected chi connectivity index (χ1v) is 9.59. The van der Waals surface area contributed by atoms with Crippen LogP contribution >= 0.6 is 0 Å². The van der Waals surface area contributed by atoms with Crippen molar-refractivity contribution in [3.63, 3.8) is 0 Å². The molecule has 0 fully saturated rings. The van der Waals surface area contributed by atoms with E-state index in [2.05, 4.69) is 0 Å². The summed E-state index contributed by atoms with van der Waals surface area (Å²) in [6, 6.07) is 0.800. The first-order chi connectivity index (χ1) is 9.34. The molecular formula is C13H26O6Si. The molecule has 6 nitrogen and oxygen atoms in total. The Kier molecular flexibility index (Phi) is 9.44. The summed E-state index contributed by atoms with van der Waals surface area (Å²) < 4.78 is 11.4. The Labute approximate surface area is 121 Å². The van der Waals surface area contributed by atoms with Crippen molar-refractivity contribution in [3.05, 3.63) is 0 Å². The maximum absolute atomic E-state index is 10.9. The summed E-state index contributed by atoms with van der Waals surface area (Å²) in [4.78, 5) is 21.5. The van der Waals surface area contributed by atoms with Gasteiger partial charge >= 0.3 is 20.5 Å². The second kappa shape index (κ2) is 9.90. The van der Waals surface area contributed by atoms with E-state index in [-0.39, 0.29) is 6.42 Å². The van der Waals surface area contributed by atoms with Gasteiger partial charge in [0.15, 0.2) is 0 Å². The number of hydrogen-bond donors (Lipinski definition) is 2. The molecule has 0 radical (unpaired) electrons. The molecule has 0 aromatic carbocycles. The van der Waals surface area contributed by atoms with E-state index in [4.69, 9.17) is 19.1 Å². The van der Waals surface area contributed by atoms with Gasteiger partial charge in [0, 0.05) is 13.2 Å². The monoisotopic (exact) mass is 306 g/mol. The summed E-state index contributed by atoms with van der Waals surface area (Å²) in [7, 11) is -2.14. The predicted octanol–water partition coefficient (Wildman–Crippen LogP) is 2.48. The van der Waals surface area contributed by atoms with Gasteiger partial charge in [-0.25, -0.2) is 0 Å². The Morgan fingerprint density at radius 1 is 1.10 bits per heavy atom. The van der Waals surface area contributed by atoms with Crippen LogP contribution in [0, 0.1) is 5.92 Å². The highest BCUT2D eigenvalue weighted by atomic mass is 28.4. The van der Waals surface area contributed by atoms with E-state index in [1.165, 1.54) is 0 Å². The number of aliphatic carboxylic acids is 2. The first kappa shape index (κ1) is 19.1. The minimum absolute atomic E-state index is 0.319. The van der Waals surface area contributed by atoms with Crippen LogP contribution in [-0.4, -0.2) is 43.9 Å². The molecule has 0 saturated heterocycles. The second-order valence-corrected chi connectivity index (χ2v) is 8.22. The molecule has 0 heterocycles. The smallest absolute Gasteiger partial charge is 0.334 e. The topological polar surface area (TPSA) is 93.1 Å². The summed E-state index contributed by atoms with van der Waals surface area (Å²) >= 11 is 0. The van der Waals surface area contributed by atoms with Crippen LogP contribution in [0.1, 0.15) is 39.5 Å². The summed E-state index contributed by atoms with van der Waals surface area (Å²) in [5, 5.41) is 17.6. The number of unbranched alkanes of at least 4 members (excludes halogenated alkanes) is 1. The second-order valence-electron chi connectivity index (χ2n) is 4.88. The van der Waals surface area contributed by atoms with E-state index in [1.54, 1.807) is 0 Å². The van der Waals surface area contributed by atoms with Crippen LogP contribution in [0.3, 0.4) is 0 Å². The minimum Gasteiger partial charge on any atom is -0.481 e. The van der Waals surface area contributed by atoms with Gasteiger partial charge in [0.05, 0.1) is 12.3 Å². The molecule has 7 heteroatoms. The lowest BCUT2D eigenvalue weighted by atomic mass is 9.99. The lowest BCUT2D eigenvalue weighted by molar-refractivity contribution is -0.148. The average Bonchev–Trinajstić information content (AvgIpc) is 2.33. The molecule has 0 aliphatic rings. The largest absolute Gasteiger partial charge is 0.481 e. The van der Waals surface area contributed by atoms with Crippen LogP contribution in [0.4, 0.5) is 0 Å². The Hall–Kier alpha value is -0.923. The van der Waals surface area contributed by atoms with Crippen molar-refractivity contribution in [2.24, 2.45) is 5.92 Å². The molecule has 0 saturated carbocycles. The lowest BCUT2D eigenvalue weighted by Gasteiger charge is -2.26. The first-order valence-electron chi connectivity index (χ1n) is 7.07. The van der Waals surface area contributed by atoms with Crippen molar-refractivity contribution in [1.82, 2.24) is 0 Å².